The Morgan fingerprint density at radius 1 is 0.472 bits per heavy atom. The van der Waals surface area contributed by atoms with Gasteiger partial charge in [-0.15, -0.1) is 0 Å². The number of hydrogen-bond donors (Lipinski definition) is 1. The molecule has 0 spiro atoms. The van der Waals surface area contributed by atoms with E-state index in [2.05, 4.69) is 13.8 Å². The molecule has 0 heterocycles. The van der Waals surface area contributed by atoms with Crippen molar-refractivity contribution in [2.75, 3.05) is 13.1 Å². The Balaban J connectivity index is 3.86. The second-order valence-electron chi connectivity index (χ2n) is 10.8. The lowest BCUT2D eigenvalue weighted by Crippen LogP contribution is -2.39. The summed E-state index contributed by atoms with van der Waals surface area (Å²) < 4.78 is 0. The van der Waals surface area contributed by atoms with Gasteiger partial charge in [0, 0.05) is 12.8 Å². The number of rotatable bonds is 28. The topological polar surface area (TPSA) is 74.7 Å². The van der Waals surface area contributed by atoms with E-state index in [1.165, 1.54) is 108 Å². The zero-order valence-electron chi connectivity index (χ0n) is 24.0. The number of aliphatic carboxylic acids is 1. The molecule has 0 saturated heterocycles. The lowest BCUT2D eigenvalue weighted by molar-refractivity contribution is -0.145. The molecule has 0 aliphatic carbocycles. The van der Waals surface area contributed by atoms with Crippen molar-refractivity contribution in [1.82, 2.24) is 4.90 Å². The quantitative estimate of drug-likeness (QED) is 0.107. The van der Waals surface area contributed by atoms with Crippen LogP contribution in [0.1, 0.15) is 168 Å². The fourth-order valence-corrected chi connectivity index (χ4v) is 4.77. The van der Waals surface area contributed by atoms with Crippen molar-refractivity contribution in [3.8, 4) is 0 Å². The van der Waals surface area contributed by atoms with Gasteiger partial charge in [0.25, 0.3) is 0 Å². The van der Waals surface area contributed by atoms with Gasteiger partial charge in [-0.25, -0.2) is 0 Å². The minimum absolute atomic E-state index is 0.0144. The first-order chi connectivity index (χ1) is 17.5. The van der Waals surface area contributed by atoms with Crippen molar-refractivity contribution >= 4 is 17.7 Å². The van der Waals surface area contributed by atoms with Crippen LogP contribution >= 0.6 is 0 Å². The van der Waals surface area contributed by atoms with Crippen LogP contribution in [0.2, 0.25) is 0 Å². The van der Waals surface area contributed by atoms with E-state index in [1.54, 1.807) is 0 Å². The maximum atomic E-state index is 12.5. The van der Waals surface area contributed by atoms with E-state index in [1.807, 2.05) is 0 Å². The third kappa shape index (κ3) is 24.3. The summed E-state index contributed by atoms with van der Waals surface area (Å²) in [7, 11) is 0. The highest BCUT2D eigenvalue weighted by Gasteiger charge is 2.19. The monoisotopic (exact) mass is 509 g/mol. The molecule has 1 N–H and O–H groups in total. The van der Waals surface area contributed by atoms with Crippen molar-refractivity contribution < 1.29 is 19.5 Å². The predicted octanol–water partition coefficient (Wildman–Crippen LogP) is 8.87. The number of nitrogens with zero attached hydrogens (tertiary/aromatic N) is 1. The van der Waals surface area contributed by atoms with Crippen LogP contribution < -0.4 is 0 Å². The van der Waals surface area contributed by atoms with Gasteiger partial charge in [-0.05, 0) is 12.8 Å². The van der Waals surface area contributed by atoms with Crippen molar-refractivity contribution in [2.24, 2.45) is 0 Å². The first-order valence-corrected chi connectivity index (χ1v) is 15.5. The summed E-state index contributed by atoms with van der Waals surface area (Å²) in [6, 6.07) is 0. The SMILES string of the molecule is CCCCCCCCCCCCCC(=O)CN(CC(=O)O)C(=O)CCCCCCCCCCCCC. The largest absolute Gasteiger partial charge is 0.480 e. The van der Waals surface area contributed by atoms with Crippen LogP contribution in [0.15, 0.2) is 0 Å². The van der Waals surface area contributed by atoms with E-state index >= 15 is 0 Å². The van der Waals surface area contributed by atoms with Crippen LogP contribution in [0, 0.1) is 0 Å². The van der Waals surface area contributed by atoms with Crippen molar-refractivity contribution in [2.45, 2.75) is 168 Å². The summed E-state index contributed by atoms with van der Waals surface area (Å²) in [5.74, 6) is -1.26. The first-order valence-electron chi connectivity index (χ1n) is 15.5. The van der Waals surface area contributed by atoms with Crippen LogP contribution in [-0.2, 0) is 14.4 Å². The summed E-state index contributed by atoms with van der Waals surface area (Å²) in [5.41, 5.74) is 0. The molecule has 0 rings (SSSR count). The fraction of sp³-hybridized carbons (Fsp3) is 0.903. The number of carbonyl (C=O) groups excluding carboxylic acids is 2. The molecule has 0 aromatic carbocycles. The molecule has 0 aromatic rings. The molecule has 5 heteroatoms. The Morgan fingerprint density at radius 2 is 0.806 bits per heavy atom. The molecule has 1 amide bonds. The van der Waals surface area contributed by atoms with E-state index in [4.69, 9.17) is 0 Å². The number of hydrogen-bond acceptors (Lipinski definition) is 3. The minimum atomic E-state index is -1.05. The van der Waals surface area contributed by atoms with Crippen LogP contribution in [-0.4, -0.2) is 40.8 Å². The summed E-state index contributed by atoms with van der Waals surface area (Å²) in [4.78, 5) is 37.4. The molecular formula is C31H59NO4. The Morgan fingerprint density at radius 3 is 1.17 bits per heavy atom. The standard InChI is InChI=1S/C31H59NO4/c1-3-5-7-9-11-13-15-17-19-21-23-25-29(33)27-32(28-31(35)36)30(34)26-24-22-20-18-16-14-12-10-8-6-4-2/h3-28H2,1-2H3,(H,35,36). The number of carbonyl (C=O) groups is 3. The zero-order valence-corrected chi connectivity index (χ0v) is 24.0. The van der Waals surface area contributed by atoms with Crippen molar-refractivity contribution in [1.29, 1.82) is 0 Å². The highest BCUT2D eigenvalue weighted by Crippen LogP contribution is 2.14. The normalized spacial score (nSPS) is 11.1. The summed E-state index contributed by atoms with van der Waals surface area (Å²) in [5, 5.41) is 9.18. The average Bonchev–Trinajstić information content (AvgIpc) is 2.85. The van der Waals surface area contributed by atoms with Crippen LogP contribution in [0.3, 0.4) is 0 Å². The summed E-state index contributed by atoms with van der Waals surface area (Å²) in [6.07, 6.45) is 27.7. The second-order valence-corrected chi connectivity index (χ2v) is 10.8. The molecular weight excluding hydrogens is 450 g/mol. The van der Waals surface area contributed by atoms with Crippen LogP contribution in [0.5, 0.6) is 0 Å². The van der Waals surface area contributed by atoms with Gasteiger partial charge in [-0.2, -0.15) is 0 Å². The molecule has 5 nitrogen and oxygen atoms in total. The number of unbranched alkanes of at least 4 members (excludes halogenated alkanes) is 20. The van der Waals surface area contributed by atoms with E-state index in [9.17, 15) is 19.5 Å². The average molecular weight is 510 g/mol. The van der Waals surface area contributed by atoms with E-state index < -0.39 is 5.97 Å². The van der Waals surface area contributed by atoms with Crippen molar-refractivity contribution in [3.05, 3.63) is 0 Å². The maximum absolute atomic E-state index is 12.5. The molecule has 0 aliphatic heterocycles. The van der Waals surface area contributed by atoms with E-state index in [0.717, 1.165) is 38.5 Å². The molecule has 0 saturated carbocycles. The van der Waals surface area contributed by atoms with Gasteiger partial charge in [-0.1, -0.05) is 142 Å². The van der Waals surface area contributed by atoms with Gasteiger partial charge in [0.1, 0.15) is 6.54 Å². The molecule has 0 radical (unpaired) electrons. The van der Waals surface area contributed by atoms with Crippen molar-refractivity contribution in [3.63, 3.8) is 0 Å². The van der Waals surface area contributed by atoms with Gasteiger partial charge in [0.2, 0.25) is 5.91 Å². The number of ketones is 1. The molecule has 0 aliphatic rings. The van der Waals surface area contributed by atoms with Gasteiger partial charge >= 0.3 is 5.97 Å². The number of Topliss-reactive ketones (excluding diaryl/α,β-unsaturated/α-hetero) is 1. The van der Waals surface area contributed by atoms with E-state index in [0.29, 0.717) is 12.8 Å². The Bertz CT molecular complexity index is 535. The lowest BCUT2D eigenvalue weighted by Gasteiger charge is -2.20. The number of carboxylic acids is 1. The highest BCUT2D eigenvalue weighted by atomic mass is 16.4. The molecule has 212 valence electrons. The summed E-state index contributed by atoms with van der Waals surface area (Å²) in [6.45, 7) is 4.05. The van der Waals surface area contributed by atoms with Crippen LogP contribution in [0.25, 0.3) is 0 Å². The molecule has 0 unspecified atom stereocenters. The maximum Gasteiger partial charge on any atom is 0.323 e. The van der Waals surface area contributed by atoms with Gasteiger partial charge < -0.3 is 10.0 Å². The lowest BCUT2D eigenvalue weighted by atomic mass is 10.0. The summed E-state index contributed by atoms with van der Waals surface area (Å²) >= 11 is 0. The van der Waals surface area contributed by atoms with E-state index in [-0.39, 0.29) is 24.8 Å². The van der Waals surface area contributed by atoms with Crippen LogP contribution in [0.4, 0.5) is 0 Å². The molecule has 0 fully saturated rings. The van der Waals surface area contributed by atoms with Gasteiger partial charge in [0.15, 0.2) is 5.78 Å². The third-order valence-electron chi connectivity index (χ3n) is 7.10. The zero-order chi connectivity index (χ0) is 26.7. The third-order valence-corrected chi connectivity index (χ3v) is 7.10. The fourth-order valence-electron chi connectivity index (χ4n) is 4.77. The minimum Gasteiger partial charge on any atom is -0.480 e. The van der Waals surface area contributed by atoms with Gasteiger partial charge in [0.05, 0.1) is 6.54 Å². The second kappa shape index (κ2) is 26.7. The number of carboxylic acid groups (broad SMARTS) is 1. The Kier molecular flexibility index (Phi) is 25.6. The number of amides is 1. The smallest absolute Gasteiger partial charge is 0.323 e. The predicted molar refractivity (Wildman–Crippen MR) is 151 cm³/mol. The molecule has 0 aromatic heterocycles. The van der Waals surface area contributed by atoms with Gasteiger partial charge in [-0.3, -0.25) is 14.4 Å². The Hall–Kier alpha value is -1.39. The highest BCUT2D eigenvalue weighted by molar-refractivity contribution is 5.88. The molecule has 36 heavy (non-hydrogen) atoms. The Labute approximate surface area is 223 Å². The molecule has 0 atom stereocenters. The first kappa shape index (κ1) is 34.6. The molecule has 0 bridgehead atoms.